The zero-order valence-corrected chi connectivity index (χ0v) is 14.0. The molecule has 0 spiro atoms. The highest BCUT2D eigenvalue weighted by Crippen LogP contribution is 2.42. The van der Waals surface area contributed by atoms with E-state index in [0.717, 1.165) is 18.4 Å². The fourth-order valence-electron chi connectivity index (χ4n) is 4.20. The van der Waals surface area contributed by atoms with Crippen LogP contribution in [-0.4, -0.2) is 30.4 Å². The molecular formula is C19H25NO3. The Hall–Kier alpha value is -1.84. The van der Waals surface area contributed by atoms with Crippen LogP contribution in [-0.2, 0) is 9.53 Å². The summed E-state index contributed by atoms with van der Waals surface area (Å²) in [6.45, 7) is 3.92. The molecule has 2 bridgehead atoms. The van der Waals surface area contributed by atoms with Crippen LogP contribution in [0.2, 0.25) is 0 Å². The maximum Gasteiger partial charge on any atom is 0.306 e. The van der Waals surface area contributed by atoms with Crippen molar-refractivity contribution in [2.75, 3.05) is 11.5 Å². The predicted octanol–water partition coefficient (Wildman–Crippen LogP) is 3.59. The first-order chi connectivity index (χ1) is 11.1. The minimum absolute atomic E-state index is 0.0591. The van der Waals surface area contributed by atoms with Crippen LogP contribution in [0.1, 0.15) is 56.3 Å². The van der Waals surface area contributed by atoms with E-state index in [1.54, 1.807) is 6.92 Å². The Bertz CT molecular complexity index is 567. The number of benzene rings is 1. The van der Waals surface area contributed by atoms with Crippen molar-refractivity contribution >= 4 is 17.4 Å². The summed E-state index contributed by atoms with van der Waals surface area (Å²) in [5, 5.41) is 0. The van der Waals surface area contributed by atoms with Crippen molar-refractivity contribution in [3.05, 3.63) is 29.8 Å². The lowest BCUT2D eigenvalue weighted by molar-refractivity contribution is -0.144. The van der Waals surface area contributed by atoms with Gasteiger partial charge in [0.15, 0.2) is 5.78 Å². The molecule has 2 aliphatic heterocycles. The molecule has 0 radical (unpaired) electrons. The standard InChI is InChI=1S/C19H25NO3/c1-3-23-19(22)12-14-10-17-8-9-18(11-14)20(17)16-6-4-15(5-7-16)13(2)21/h4-7,14,17-18H,3,8-12H2,1-2H3/t14?,17-,18+. The van der Waals surface area contributed by atoms with E-state index in [-0.39, 0.29) is 11.8 Å². The number of esters is 1. The van der Waals surface area contributed by atoms with Crippen LogP contribution in [0.5, 0.6) is 0 Å². The summed E-state index contributed by atoms with van der Waals surface area (Å²) in [4.78, 5) is 25.7. The number of anilines is 1. The molecule has 0 amide bonds. The van der Waals surface area contributed by atoms with E-state index in [1.165, 1.54) is 18.5 Å². The molecule has 1 aromatic carbocycles. The lowest BCUT2D eigenvalue weighted by atomic mass is 9.87. The fraction of sp³-hybridized carbons (Fsp3) is 0.579. The van der Waals surface area contributed by atoms with Crippen molar-refractivity contribution in [1.29, 1.82) is 0 Å². The summed E-state index contributed by atoms with van der Waals surface area (Å²) in [7, 11) is 0. The SMILES string of the molecule is CCOC(=O)CC1C[C@H]2CC[C@@H](C1)N2c1ccc(C(C)=O)cc1. The van der Waals surface area contributed by atoms with Gasteiger partial charge < -0.3 is 9.64 Å². The first-order valence-corrected chi connectivity index (χ1v) is 8.63. The lowest BCUT2D eigenvalue weighted by Gasteiger charge is -2.40. The Labute approximate surface area is 137 Å². The van der Waals surface area contributed by atoms with Gasteiger partial charge in [-0.3, -0.25) is 9.59 Å². The van der Waals surface area contributed by atoms with E-state index >= 15 is 0 Å². The number of ketones is 1. The molecule has 23 heavy (non-hydrogen) atoms. The molecule has 0 aliphatic carbocycles. The molecule has 3 atom stereocenters. The van der Waals surface area contributed by atoms with Gasteiger partial charge in [-0.1, -0.05) is 0 Å². The summed E-state index contributed by atoms with van der Waals surface area (Å²) in [5.41, 5.74) is 1.97. The van der Waals surface area contributed by atoms with Crippen LogP contribution in [0.25, 0.3) is 0 Å². The van der Waals surface area contributed by atoms with E-state index in [0.29, 0.717) is 31.0 Å². The number of rotatable bonds is 5. The van der Waals surface area contributed by atoms with Crippen molar-refractivity contribution in [2.45, 2.75) is 58.0 Å². The third kappa shape index (κ3) is 3.41. The molecule has 3 rings (SSSR count). The highest BCUT2D eigenvalue weighted by molar-refractivity contribution is 5.94. The molecule has 2 heterocycles. The molecular weight excluding hydrogens is 290 g/mol. The van der Waals surface area contributed by atoms with Crippen molar-refractivity contribution in [1.82, 2.24) is 0 Å². The summed E-state index contributed by atoms with van der Waals surface area (Å²) in [5.74, 6) is 0.489. The van der Waals surface area contributed by atoms with Crippen molar-refractivity contribution in [3.63, 3.8) is 0 Å². The number of hydrogen-bond donors (Lipinski definition) is 0. The molecule has 0 saturated carbocycles. The van der Waals surface area contributed by atoms with Gasteiger partial charge in [0.1, 0.15) is 0 Å². The smallest absolute Gasteiger partial charge is 0.306 e. The highest BCUT2D eigenvalue weighted by Gasteiger charge is 2.41. The van der Waals surface area contributed by atoms with Crippen LogP contribution in [0, 0.1) is 5.92 Å². The number of hydrogen-bond acceptors (Lipinski definition) is 4. The van der Waals surface area contributed by atoms with Gasteiger partial charge >= 0.3 is 5.97 Å². The molecule has 0 aromatic heterocycles. The quantitative estimate of drug-likeness (QED) is 0.615. The van der Waals surface area contributed by atoms with Crippen LogP contribution >= 0.6 is 0 Å². The number of fused-ring (bicyclic) bond motifs is 2. The zero-order chi connectivity index (χ0) is 16.4. The van der Waals surface area contributed by atoms with E-state index < -0.39 is 0 Å². The van der Waals surface area contributed by atoms with Gasteiger partial charge in [-0.25, -0.2) is 0 Å². The van der Waals surface area contributed by atoms with Crippen LogP contribution in [0.4, 0.5) is 5.69 Å². The first-order valence-electron chi connectivity index (χ1n) is 8.63. The van der Waals surface area contributed by atoms with E-state index in [2.05, 4.69) is 17.0 Å². The molecule has 4 heteroatoms. The Morgan fingerprint density at radius 1 is 1.13 bits per heavy atom. The van der Waals surface area contributed by atoms with Gasteiger partial charge in [0.25, 0.3) is 0 Å². The van der Waals surface area contributed by atoms with Crippen LogP contribution in [0.15, 0.2) is 24.3 Å². The first kappa shape index (κ1) is 16.0. The fourth-order valence-corrected chi connectivity index (χ4v) is 4.20. The Morgan fingerprint density at radius 2 is 1.74 bits per heavy atom. The summed E-state index contributed by atoms with van der Waals surface area (Å²) < 4.78 is 5.10. The number of carbonyl (C=O) groups is 2. The molecule has 4 nitrogen and oxygen atoms in total. The predicted molar refractivity (Wildman–Crippen MR) is 89.7 cm³/mol. The lowest BCUT2D eigenvalue weighted by Crippen LogP contribution is -2.43. The molecule has 1 aromatic rings. The maximum absolute atomic E-state index is 11.7. The monoisotopic (exact) mass is 315 g/mol. The Kier molecular flexibility index (Phi) is 4.69. The number of ether oxygens (including phenoxy) is 1. The summed E-state index contributed by atoms with van der Waals surface area (Å²) in [6.07, 6.45) is 5.06. The highest BCUT2D eigenvalue weighted by atomic mass is 16.5. The third-order valence-electron chi connectivity index (χ3n) is 5.16. The van der Waals surface area contributed by atoms with Crippen LogP contribution in [0.3, 0.4) is 0 Å². The molecule has 2 saturated heterocycles. The minimum Gasteiger partial charge on any atom is -0.466 e. The second kappa shape index (κ2) is 6.73. The summed E-state index contributed by atoms with van der Waals surface area (Å²) in [6, 6.07) is 8.98. The number of Topliss-reactive ketones (excluding diaryl/α,β-unsaturated/α-hetero) is 1. The van der Waals surface area contributed by atoms with Gasteiger partial charge in [-0.05, 0) is 69.7 Å². The van der Waals surface area contributed by atoms with Gasteiger partial charge in [0.05, 0.1) is 6.61 Å². The number of nitrogens with zero attached hydrogens (tertiary/aromatic N) is 1. The second-order valence-corrected chi connectivity index (χ2v) is 6.74. The third-order valence-corrected chi connectivity index (χ3v) is 5.16. The average Bonchev–Trinajstić information content (AvgIpc) is 2.79. The zero-order valence-electron chi connectivity index (χ0n) is 14.0. The summed E-state index contributed by atoms with van der Waals surface area (Å²) >= 11 is 0. The number of carbonyl (C=O) groups excluding carboxylic acids is 2. The van der Waals surface area contributed by atoms with E-state index in [9.17, 15) is 9.59 Å². The maximum atomic E-state index is 11.7. The normalized spacial score (nSPS) is 26.2. The van der Waals surface area contributed by atoms with Crippen molar-refractivity contribution in [2.24, 2.45) is 5.92 Å². The molecule has 1 unspecified atom stereocenters. The largest absolute Gasteiger partial charge is 0.466 e. The van der Waals surface area contributed by atoms with Gasteiger partial charge in [0, 0.05) is 29.8 Å². The van der Waals surface area contributed by atoms with Gasteiger partial charge in [-0.2, -0.15) is 0 Å². The molecule has 0 N–H and O–H groups in total. The van der Waals surface area contributed by atoms with Crippen molar-refractivity contribution in [3.8, 4) is 0 Å². The Morgan fingerprint density at radius 3 is 2.26 bits per heavy atom. The van der Waals surface area contributed by atoms with Crippen LogP contribution < -0.4 is 4.90 Å². The second-order valence-electron chi connectivity index (χ2n) is 6.74. The number of piperidine rings is 1. The Balaban J connectivity index is 1.67. The average molecular weight is 315 g/mol. The minimum atomic E-state index is -0.0591. The molecule has 2 fully saturated rings. The van der Waals surface area contributed by atoms with Gasteiger partial charge in [0.2, 0.25) is 0 Å². The molecule has 124 valence electrons. The molecule has 2 aliphatic rings. The van der Waals surface area contributed by atoms with Crippen molar-refractivity contribution < 1.29 is 14.3 Å². The van der Waals surface area contributed by atoms with Gasteiger partial charge in [-0.15, -0.1) is 0 Å². The van der Waals surface area contributed by atoms with E-state index in [1.807, 2.05) is 19.1 Å². The van der Waals surface area contributed by atoms with E-state index in [4.69, 9.17) is 4.74 Å². The topological polar surface area (TPSA) is 46.6 Å².